The van der Waals surface area contributed by atoms with Crippen LogP contribution in [0.2, 0.25) is 5.02 Å². The van der Waals surface area contributed by atoms with Crippen molar-refractivity contribution in [2.75, 3.05) is 24.8 Å². The first-order valence-corrected chi connectivity index (χ1v) is 11.1. The second-order valence-corrected chi connectivity index (χ2v) is 8.18. The minimum atomic E-state index is -0.128. The van der Waals surface area contributed by atoms with Crippen LogP contribution in [0.15, 0.2) is 66.0 Å². The number of rotatable bonds is 9. The Morgan fingerprint density at radius 2 is 1.97 bits per heavy atom. The summed E-state index contributed by atoms with van der Waals surface area (Å²) in [5, 5.41) is 8.70. The molecule has 1 amide bonds. The summed E-state index contributed by atoms with van der Waals surface area (Å²) >= 11 is 7.65. The van der Waals surface area contributed by atoms with Crippen LogP contribution < -0.4 is 5.32 Å². The number of para-hydroxylation sites is 2. The highest BCUT2D eigenvalue weighted by Crippen LogP contribution is 2.24. The molecule has 0 aliphatic rings. The molecule has 0 spiro atoms. The first kappa shape index (κ1) is 21.4. The van der Waals surface area contributed by atoms with Crippen LogP contribution in [0.1, 0.15) is 5.56 Å². The zero-order valence-corrected chi connectivity index (χ0v) is 18.6. The monoisotopic (exact) mass is 455 g/mol. The van der Waals surface area contributed by atoms with Crippen LogP contribution in [0, 0.1) is 0 Å². The number of nitrogens with zero attached hydrogens (tertiary/aromatic N) is 4. The van der Waals surface area contributed by atoms with Crippen molar-refractivity contribution < 1.29 is 9.53 Å². The molecule has 4 rings (SSSR count). The summed E-state index contributed by atoms with van der Waals surface area (Å²) in [6.07, 6.45) is 1.66. The number of amides is 1. The molecule has 7 nitrogen and oxygen atoms in total. The molecule has 0 bridgehead atoms. The zero-order valence-electron chi connectivity index (χ0n) is 17.0. The van der Waals surface area contributed by atoms with Crippen molar-refractivity contribution in [2.45, 2.75) is 18.2 Å². The molecule has 1 N–H and O–H groups in total. The summed E-state index contributed by atoms with van der Waals surface area (Å²) in [7, 11) is 1.67. The third-order valence-electron chi connectivity index (χ3n) is 4.73. The molecule has 0 aliphatic heterocycles. The van der Waals surface area contributed by atoms with Gasteiger partial charge < -0.3 is 14.6 Å². The summed E-state index contributed by atoms with van der Waals surface area (Å²) in [6.45, 7) is 1.72. The smallest absolute Gasteiger partial charge is 0.235 e. The van der Waals surface area contributed by atoms with E-state index in [0.717, 1.165) is 21.8 Å². The number of ether oxygens (including phenoxy) is 1. The van der Waals surface area contributed by atoms with Gasteiger partial charge in [0.1, 0.15) is 5.82 Å². The van der Waals surface area contributed by atoms with Crippen LogP contribution in [0.25, 0.3) is 11.0 Å². The lowest BCUT2D eigenvalue weighted by Crippen LogP contribution is -2.18. The lowest BCUT2D eigenvalue weighted by Gasteiger charge is -2.11. The average molecular weight is 456 g/mol. The van der Waals surface area contributed by atoms with E-state index in [4.69, 9.17) is 16.3 Å². The molecule has 0 atom stereocenters. The van der Waals surface area contributed by atoms with E-state index in [1.165, 1.54) is 11.8 Å². The minimum Gasteiger partial charge on any atom is -0.383 e. The number of benzene rings is 2. The molecule has 4 aromatic rings. The van der Waals surface area contributed by atoms with Crippen LogP contribution in [-0.4, -0.2) is 44.7 Å². The molecule has 0 radical (unpaired) electrons. The maximum atomic E-state index is 12.6. The van der Waals surface area contributed by atoms with Crippen molar-refractivity contribution in [2.24, 2.45) is 0 Å². The van der Waals surface area contributed by atoms with E-state index in [0.29, 0.717) is 30.5 Å². The quantitative estimate of drug-likeness (QED) is 0.381. The highest BCUT2D eigenvalue weighted by molar-refractivity contribution is 7.99. The van der Waals surface area contributed by atoms with Gasteiger partial charge in [-0.1, -0.05) is 53.7 Å². The number of carbonyl (C=O) groups is 1. The number of hydrogen-bond acceptors (Lipinski definition) is 5. The summed E-state index contributed by atoms with van der Waals surface area (Å²) in [5.41, 5.74) is 2.87. The second kappa shape index (κ2) is 10.00. The summed E-state index contributed by atoms with van der Waals surface area (Å²) in [4.78, 5) is 17.3. The van der Waals surface area contributed by atoms with Gasteiger partial charge in [0.25, 0.3) is 0 Å². The first-order valence-electron chi connectivity index (χ1n) is 9.78. The molecule has 2 heterocycles. The number of nitrogens with one attached hydrogen (secondary N) is 1. The Balaban J connectivity index is 1.43. The van der Waals surface area contributed by atoms with Crippen LogP contribution >= 0.6 is 23.4 Å². The van der Waals surface area contributed by atoms with E-state index in [1.807, 2.05) is 48.5 Å². The Hall–Kier alpha value is -2.81. The maximum Gasteiger partial charge on any atom is 0.235 e. The normalized spacial score (nSPS) is 11.2. The van der Waals surface area contributed by atoms with Gasteiger partial charge in [0.15, 0.2) is 5.16 Å². The number of fused-ring (bicyclic) bond motifs is 1. The van der Waals surface area contributed by atoms with Gasteiger partial charge in [-0.05, 0) is 23.8 Å². The number of aromatic nitrogens is 4. The molecule has 160 valence electrons. The summed E-state index contributed by atoms with van der Waals surface area (Å²) in [5.74, 6) is 0.725. The molecule has 0 unspecified atom stereocenters. The number of imidazole rings is 1. The van der Waals surface area contributed by atoms with Crippen molar-refractivity contribution in [3.63, 3.8) is 0 Å². The number of hydrogen-bond donors (Lipinski definition) is 1. The Labute approximate surface area is 189 Å². The second-order valence-electron chi connectivity index (χ2n) is 6.83. The molecule has 0 saturated carbocycles. The van der Waals surface area contributed by atoms with Crippen molar-refractivity contribution >= 4 is 46.1 Å². The highest BCUT2D eigenvalue weighted by Gasteiger charge is 2.14. The predicted octanol–water partition coefficient (Wildman–Crippen LogP) is 4.31. The van der Waals surface area contributed by atoms with Gasteiger partial charge >= 0.3 is 0 Å². The van der Waals surface area contributed by atoms with Gasteiger partial charge in [0.2, 0.25) is 5.91 Å². The Bertz CT molecular complexity index is 1190. The van der Waals surface area contributed by atoms with Gasteiger partial charge in [-0.25, -0.2) is 9.67 Å². The molecule has 2 aromatic heterocycles. The number of halogens is 1. The summed E-state index contributed by atoms with van der Waals surface area (Å²) < 4.78 is 9.03. The van der Waals surface area contributed by atoms with Crippen LogP contribution in [0.4, 0.5) is 5.82 Å². The lowest BCUT2D eigenvalue weighted by atomic mass is 10.2. The Morgan fingerprint density at radius 1 is 1.16 bits per heavy atom. The van der Waals surface area contributed by atoms with E-state index in [-0.39, 0.29) is 11.7 Å². The largest absolute Gasteiger partial charge is 0.383 e. The van der Waals surface area contributed by atoms with E-state index in [1.54, 1.807) is 24.1 Å². The van der Waals surface area contributed by atoms with E-state index in [9.17, 15) is 4.79 Å². The Morgan fingerprint density at radius 3 is 2.81 bits per heavy atom. The molecule has 0 saturated heterocycles. The molecule has 0 fully saturated rings. The number of methoxy groups -OCH3 is 1. The van der Waals surface area contributed by atoms with Crippen LogP contribution in [-0.2, 0) is 22.6 Å². The molecule has 2 aromatic carbocycles. The van der Waals surface area contributed by atoms with Gasteiger partial charge in [0, 0.05) is 24.7 Å². The van der Waals surface area contributed by atoms with E-state index in [2.05, 4.69) is 20.0 Å². The fourth-order valence-corrected chi connectivity index (χ4v) is 4.26. The fourth-order valence-electron chi connectivity index (χ4n) is 3.22. The first-order chi connectivity index (χ1) is 15.2. The zero-order chi connectivity index (χ0) is 21.6. The van der Waals surface area contributed by atoms with Crippen molar-refractivity contribution in [1.82, 2.24) is 19.3 Å². The minimum absolute atomic E-state index is 0.128. The lowest BCUT2D eigenvalue weighted by molar-refractivity contribution is -0.113. The van der Waals surface area contributed by atoms with Crippen molar-refractivity contribution in [3.8, 4) is 0 Å². The fraction of sp³-hybridized carbons (Fsp3) is 0.227. The van der Waals surface area contributed by atoms with E-state index >= 15 is 0 Å². The number of carbonyl (C=O) groups excluding carboxylic acids is 1. The Kier molecular flexibility index (Phi) is 6.91. The van der Waals surface area contributed by atoms with Crippen LogP contribution in [0.5, 0.6) is 0 Å². The highest BCUT2D eigenvalue weighted by atomic mass is 35.5. The van der Waals surface area contributed by atoms with Crippen molar-refractivity contribution in [1.29, 1.82) is 0 Å². The third-order valence-corrected chi connectivity index (χ3v) is 6.08. The molecule has 9 heteroatoms. The van der Waals surface area contributed by atoms with E-state index < -0.39 is 0 Å². The maximum absolute atomic E-state index is 12.6. The summed E-state index contributed by atoms with van der Waals surface area (Å²) in [6, 6.07) is 17.3. The molecule has 31 heavy (non-hydrogen) atoms. The topological polar surface area (TPSA) is 74.0 Å². The van der Waals surface area contributed by atoms with Gasteiger partial charge in [-0.3, -0.25) is 4.79 Å². The van der Waals surface area contributed by atoms with Gasteiger partial charge in [0.05, 0.1) is 36.1 Å². The number of anilines is 1. The van der Waals surface area contributed by atoms with Crippen LogP contribution in [0.3, 0.4) is 0 Å². The number of thioether (sulfide) groups is 1. The standard InChI is InChI=1S/C22H22ClN5O2S/c1-30-13-12-27-19-9-5-4-8-18(19)25-22(27)31-15-21(29)26-20-10-11-24-28(20)14-16-6-2-3-7-17(16)23/h2-11H,12-15H2,1H3,(H,26,29). The van der Waals surface area contributed by atoms with Gasteiger partial charge in [-0.2, -0.15) is 5.10 Å². The molecule has 0 aliphatic carbocycles. The SMILES string of the molecule is COCCn1c(SCC(=O)Nc2ccnn2Cc2ccccc2Cl)nc2ccccc21. The molecular weight excluding hydrogens is 434 g/mol. The third kappa shape index (κ3) is 5.10. The predicted molar refractivity (Wildman–Crippen MR) is 124 cm³/mol. The van der Waals surface area contributed by atoms with Crippen molar-refractivity contribution in [3.05, 3.63) is 71.4 Å². The van der Waals surface area contributed by atoms with Gasteiger partial charge in [-0.15, -0.1) is 0 Å². The average Bonchev–Trinajstić information content (AvgIpc) is 3.36. The molecular formula is C22H22ClN5O2S.